The number of para-hydroxylation sites is 1. The van der Waals surface area contributed by atoms with Crippen LogP contribution in [0.15, 0.2) is 24.3 Å². The summed E-state index contributed by atoms with van der Waals surface area (Å²) < 4.78 is 5.80. The third kappa shape index (κ3) is 4.55. The second-order valence-electron chi connectivity index (χ2n) is 8.22. The molecule has 1 aromatic carbocycles. The van der Waals surface area contributed by atoms with Gasteiger partial charge in [0.15, 0.2) is 6.61 Å². The number of hydrogen-bond acceptors (Lipinski definition) is 4. The number of thiophene rings is 1. The Morgan fingerprint density at radius 2 is 1.86 bits per heavy atom. The number of anilines is 1. The molecule has 0 radical (unpaired) electrons. The van der Waals surface area contributed by atoms with Gasteiger partial charge in [-0.05, 0) is 48.3 Å². The van der Waals surface area contributed by atoms with Crippen LogP contribution in [0.2, 0.25) is 0 Å². The third-order valence-electron chi connectivity index (χ3n) is 4.97. The van der Waals surface area contributed by atoms with Crippen molar-refractivity contribution < 1.29 is 14.3 Å². The summed E-state index contributed by atoms with van der Waals surface area (Å²) in [6, 6.07) is 7.74. The molecule has 0 fully saturated rings. The highest BCUT2D eigenvalue weighted by molar-refractivity contribution is 7.17. The molecule has 1 aliphatic carbocycles. The maximum absolute atomic E-state index is 12.5. The van der Waals surface area contributed by atoms with Crippen molar-refractivity contribution in [2.75, 3.05) is 11.9 Å². The van der Waals surface area contributed by atoms with Crippen molar-refractivity contribution >= 4 is 28.2 Å². The Labute approximate surface area is 170 Å². The molecule has 3 rings (SSSR count). The molecule has 6 heteroatoms. The van der Waals surface area contributed by atoms with E-state index >= 15 is 0 Å². The molecule has 0 bridgehead atoms. The second kappa shape index (κ2) is 8.35. The van der Waals surface area contributed by atoms with Crippen LogP contribution in [0.1, 0.15) is 66.4 Å². The number of amides is 2. The van der Waals surface area contributed by atoms with Crippen molar-refractivity contribution in [1.82, 2.24) is 0 Å². The number of carbonyl (C=O) groups excluding carboxylic acids is 2. The van der Waals surface area contributed by atoms with Crippen LogP contribution in [0.5, 0.6) is 5.75 Å². The summed E-state index contributed by atoms with van der Waals surface area (Å²) in [6.07, 6.45) is 5.08. The fourth-order valence-corrected chi connectivity index (χ4v) is 4.92. The molecule has 0 unspecified atom stereocenters. The second-order valence-corrected chi connectivity index (χ2v) is 9.32. The van der Waals surface area contributed by atoms with Gasteiger partial charge in [-0.25, -0.2) is 0 Å². The van der Waals surface area contributed by atoms with Crippen LogP contribution in [0.4, 0.5) is 5.00 Å². The van der Waals surface area contributed by atoms with Crippen molar-refractivity contribution in [2.24, 2.45) is 5.73 Å². The van der Waals surface area contributed by atoms with Gasteiger partial charge >= 0.3 is 0 Å². The summed E-state index contributed by atoms with van der Waals surface area (Å²) in [5.41, 5.74) is 8.08. The number of nitrogens with two attached hydrogens (primary N) is 1. The highest BCUT2D eigenvalue weighted by Crippen LogP contribution is 2.37. The third-order valence-corrected chi connectivity index (χ3v) is 6.18. The monoisotopic (exact) mass is 400 g/mol. The molecule has 1 heterocycles. The Morgan fingerprint density at radius 1 is 1.14 bits per heavy atom. The molecule has 1 aliphatic rings. The van der Waals surface area contributed by atoms with Gasteiger partial charge in [-0.2, -0.15) is 0 Å². The zero-order valence-corrected chi connectivity index (χ0v) is 17.6. The molecule has 1 aromatic heterocycles. The fraction of sp³-hybridized carbons (Fsp3) is 0.455. The van der Waals surface area contributed by atoms with Crippen LogP contribution in [-0.2, 0) is 23.1 Å². The van der Waals surface area contributed by atoms with Crippen LogP contribution in [0, 0.1) is 0 Å². The van der Waals surface area contributed by atoms with Crippen molar-refractivity contribution in [3.63, 3.8) is 0 Å². The summed E-state index contributed by atoms with van der Waals surface area (Å²) >= 11 is 1.47. The van der Waals surface area contributed by atoms with E-state index in [1.54, 1.807) is 0 Å². The van der Waals surface area contributed by atoms with E-state index in [-0.39, 0.29) is 17.9 Å². The maximum Gasteiger partial charge on any atom is 0.262 e. The van der Waals surface area contributed by atoms with Gasteiger partial charge in [-0.3, -0.25) is 9.59 Å². The Hall–Kier alpha value is -2.34. The summed E-state index contributed by atoms with van der Waals surface area (Å²) in [5, 5.41) is 3.40. The highest BCUT2D eigenvalue weighted by atomic mass is 32.1. The first-order chi connectivity index (χ1) is 13.3. The molecule has 0 spiro atoms. The molecule has 150 valence electrons. The van der Waals surface area contributed by atoms with E-state index in [9.17, 15) is 9.59 Å². The first-order valence-electron chi connectivity index (χ1n) is 9.74. The number of hydrogen-bond donors (Lipinski definition) is 2. The van der Waals surface area contributed by atoms with Gasteiger partial charge < -0.3 is 15.8 Å². The van der Waals surface area contributed by atoms with Gasteiger partial charge in [-0.1, -0.05) is 45.4 Å². The number of nitrogens with one attached hydrogen (secondary N) is 1. The minimum absolute atomic E-state index is 0.0858. The molecule has 2 amide bonds. The number of ether oxygens (including phenoxy) is 1. The molecule has 3 N–H and O–H groups in total. The summed E-state index contributed by atoms with van der Waals surface area (Å²) in [4.78, 5) is 25.7. The average Bonchev–Trinajstić information content (AvgIpc) is 2.80. The zero-order valence-electron chi connectivity index (χ0n) is 16.8. The van der Waals surface area contributed by atoms with Crippen molar-refractivity contribution in [2.45, 2.75) is 58.3 Å². The average molecular weight is 401 g/mol. The predicted molar refractivity (Wildman–Crippen MR) is 113 cm³/mol. The number of carbonyl (C=O) groups is 2. The lowest BCUT2D eigenvalue weighted by atomic mass is 9.86. The van der Waals surface area contributed by atoms with E-state index in [1.165, 1.54) is 16.2 Å². The number of fused-ring (bicyclic) bond motifs is 1. The topological polar surface area (TPSA) is 81.4 Å². The largest absolute Gasteiger partial charge is 0.483 e. The van der Waals surface area contributed by atoms with Crippen LogP contribution in [0.25, 0.3) is 0 Å². The fourth-order valence-electron chi connectivity index (χ4n) is 3.61. The highest BCUT2D eigenvalue weighted by Gasteiger charge is 2.24. The Morgan fingerprint density at radius 3 is 2.57 bits per heavy atom. The van der Waals surface area contributed by atoms with E-state index in [0.717, 1.165) is 43.2 Å². The van der Waals surface area contributed by atoms with E-state index in [1.807, 2.05) is 24.3 Å². The molecule has 0 atom stereocenters. The summed E-state index contributed by atoms with van der Waals surface area (Å²) in [7, 11) is 0. The van der Waals surface area contributed by atoms with Gasteiger partial charge in [0.2, 0.25) is 0 Å². The normalized spacial score (nSPS) is 14.1. The minimum Gasteiger partial charge on any atom is -0.483 e. The zero-order chi connectivity index (χ0) is 20.3. The number of benzene rings is 1. The quantitative estimate of drug-likeness (QED) is 0.729. The lowest BCUT2D eigenvalue weighted by Gasteiger charge is -2.22. The molecule has 28 heavy (non-hydrogen) atoms. The van der Waals surface area contributed by atoms with Crippen LogP contribution >= 0.6 is 11.3 Å². The van der Waals surface area contributed by atoms with Gasteiger partial charge in [0.05, 0.1) is 5.56 Å². The van der Waals surface area contributed by atoms with Gasteiger partial charge in [0.1, 0.15) is 10.8 Å². The first-order valence-corrected chi connectivity index (χ1v) is 10.6. The number of rotatable bonds is 5. The smallest absolute Gasteiger partial charge is 0.262 e. The van der Waals surface area contributed by atoms with Gasteiger partial charge in [-0.15, -0.1) is 11.3 Å². The summed E-state index contributed by atoms with van der Waals surface area (Å²) in [6.45, 7) is 6.20. The van der Waals surface area contributed by atoms with E-state index in [4.69, 9.17) is 10.5 Å². The van der Waals surface area contributed by atoms with Crippen molar-refractivity contribution in [3.8, 4) is 5.75 Å². The molecule has 0 aliphatic heterocycles. The molecule has 0 saturated carbocycles. The van der Waals surface area contributed by atoms with Crippen LogP contribution < -0.4 is 15.8 Å². The minimum atomic E-state index is -0.478. The van der Waals surface area contributed by atoms with Crippen molar-refractivity contribution in [3.05, 3.63) is 45.8 Å². The molecular weight excluding hydrogens is 372 g/mol. The standard InChI is InChI=1S/C22H28N2O3S/c1-22(2,3)15-10-7-8-11-16(15)27-13-18(25)24-21-19(20(23)26)14-9-5-4-6-12-17(14)28-21/h7-8,10-11H,4-6,9,12-13H2,1-3H3,(H2,23,26)(H,24,25). The predicted octanol–water partition coefficient (Wildman–Crippen LogP) is 4.43. The van der Waals surface area contributed by atoms with Gasteiger partial charge in [0, 0.05) is 4.88 Å². The molecule has 0 saturated heterocycles. The van der Waals surface area contributed by atoms with Crippen LogP contribution in [-0.4, -0.2) is 18.4 Å². The number of primary amides is 1. The molecule has 5 nitrogen and oxygen atoms in total. The number of aryl methyl sites for hydroxylation is 1. The Balaban J connectivity index is 1.74. The first kappa shape index (κ1) is 20.4. The van der Waals surface area contributed by atoms with E-state index in [0.29, 0.717) is 16.3 Å². The summed E-state index contributed by atoms with van der Waals surface area (Å²) in [5.74, 6) is -0.0708. The molecular formula is C22H28N2O3S. The Kier molecular flexibility index (Phi) is 6.08. The van der Waals surface area contributed by atoms with Crippen molar-refractivity contribution in [1.29, 1.82) is 0 Å². The Bertz CT molecular complexity index is 880. The lowest BCUT2D eigenvalue weighted by molar-refractivity contribution is -0.118. The molecule has 2 aromatic rings. The van der Waals surface area contributed by atoms with E-state index < -0.39 is 5.91 Å². The van der Waals surface area contributed by atoms with Crippen LogP contribution in [0.3, 0.4) is 0 Å². The van der Waals surface area contributed by atoms with Gasteiger partial charge in [0.25, 0.3) is 11.8 Å². The van der Waals surface area contributed by atoms with E-state index in [2.05, 4.69) is 26.1 Å². The maximum atomic E-state index is 12.5. The lowest BCUT2D eigenvalue weighted by Crippen LogP contribution is -2.23. The SMILES string of the molecule is CC(C)(C)c1ccccc1OCC(=O)Nc1sc2c(c1C(N)=O)CCCCC2.